The summed E-state index contributed by atoms with van der Waals surface area (Å²) in [6.07, 6.45) is 7.10. The lowest BCUT2D eigenvalue weighted by Gasteiger charge is -2.38. The third kappa shape index (κ3) is 4.66. The van der Waals surface area contributed by atoms with Gasteiger partial charge in [-0.15, -0.1) is 0 Å². The van der Waals surface area contributed by atoms with Crippen molar-refractivity contribution in [2.75, 3.05) is 26.7 Å². The van der Waals surface area contributed by atoms with E-state index in [0.29, 0.717) is 25.0 Å². The summed E-state index contributed by atoms with van der Waals surface area (Å²) in [6.45, 7) is 4.21. The molecule has 2 aliphatic rings. The molecule has 21 heavy (non-hydrogen) atoms. The van der Waals surface area contributed by atoms with Crippen LogP contribution in [0.25, 0.3) is 0 Å². The van der Waals surface area contributed by atoms with Crippen LogP contribution in [0.1, 0.15) is 45.4 Å². The molecule has 1 aliphatic carbocycles. The average molecular weight is 297 g/mol. The standard InChI is InChI=1S/C16H31N3O2/c1-12-5-3-4-6-15(12)18-16(20)11-19-8-7-14(21-2)9-13(19)10-17/h12-15H,3-11,17H2,1-2H3,(H,18,20). The van der Waals surface area contributed by atoms with E-state index < -0.39 is 0 Å². The quantitative estimate of drug-likeness (QED) is 0.798. The first-order valence-electron chi connectivity index (χ1n) is 8.40. The second kappa shape index (κ2) is 8.11. The van der Waals surface area contributed by atoms with Crippen LogP contribution in [0.15, 0.2) is 0 Å². The maximum Gasteiger partial charge on any atom is 0.234 e. The number of nitrogens with one attached hydrogen (secondary N) is 1. The summed E-state index contributed by atoms with van der Waals surface area (Å²) >= 11 is 0. The molecule has 3 N–H and O–H groups in total. The van der Waals surface area contributed by atoms with Crippen molar-refractivity contribution in [3.05, 3.63) is 0 Å². The summed E-state index contributed by atoms with van der Waals surface area (Å²) in [7, 11) is 1.76. The van der Waals surface area contributed by atoms with Gasteiger partial charge < -0.3 is 15.8 Å². The smallest absolute Gasteiger partial charge is 0.234 e. The van der Waals surface area contributed by atoms with Crippen molar-refractivity contribution in [3.63, 3.8) is 0 Å². The molecular weight excluding hydrogens is 266 g/mol. The van der Waals surface area contributed by atoms with Gasteiger partial charge >= 0.3 is 0 Å². The number of amides is 1. The highest BCUT2D eigenvalue weighted by atomic mass is 16.5. The van der Waals surface area contributed by atoms with E-state index in [9.17, 15) is 4.79 Å². The average Bonchev–Trinajstić information content (AvgIpc) is 2.50. The van der Waals surface area contributed by atoms with Crippen LogP contribution in [0.2, 0.25) is 0 Å². The van der Waals surface area contributed by atoms with Crippen molar-refractivity contribution in [1.82, 2.24) is 10.2 Å². The molecule has 4 atom stereocenters. The molecule has 0 radical (unpaired) electrons. The predicted molar refractivity (Wildman–Crippen MR) is 84.0 cm³/mol. The van der Waals surface area contributed by atoms with Crippen molar-refractivity contribution < 1.29 is 9.53 Å². The van der Waals surface area contributed by atoms with Gasteiger partial charge in [0.2, 0.25) is 5.91 Å². The van der Waals surface area contributed by atoms with Gasteiger partial charge in [0.25, 0.3) is 0 Å². The molecule has 0 aromatic carbocycles. The summed E-state index contributed by atoms with van der Waals surface area (Å²) in [5, 5.41) is 3.23. The largest absolute Gasteiger partial charge is 0.381 e. The first-order valence-corrected chi connectivity index (χ1v) is 8.40. The van der Waals surface area contributed by atoms with Gasteiger partial charge in [0.1, 0.15) is 0 Å². The van der Waals surface area contributed by atoms with Crippen LogP contribution >= 0.6 is 0 Å². The van der Waals surface area contributed by atoms with E-state index in [1.54, 1.807) is 7.11 Å². The van der Waals surface area contributed by atoms with Gasteiger partial charge in [0.15, 0.2) is 0 Å². The molecule has 0 bridgehead atoms. The Hall–Kier alpha value is -0.650. The van der Waals surface area contributed by atoms with Crippen molar-refractivity contribution in [3.8, 4) is 0 Å². The number of ether oxygens (including phenoxy) is 1. The Bertz CT molecular complexity index is 337. The number of nitrogens with zero attached hydrogens (tertiary/aromatic N) is 1. The number of nitrogens with two attached hydrogens (primary N) is 1. The molecule has 2 fully saturated rings. The monoisotopic (exact) mass is 297 g/mol. The van der Waals surface area contributed by atoms with Gasteiger partial charge in [0, 0.05) is 32.3 Å². The second-order valence-electron chi connectivity index (χ2n) is 6.68. The number of methoxy groups -OCH3 is 1. The van der Waals surface area contributed by atoms with Crippen LogP contribution in [0.3, 0.4) is 0 Å². The topological polar surface area (TPSA) is 67.6 Å². The van der Waals surface area contributed by atoms with Gasteiger partial charge in [-0.2, -0.15) is 0 Å². The molecule has 0 spiro atoms. The van der Waals surface area contributed by atoms with Crippen molar-refractivity contribution in [1.29, 1.82) is 0 Å². The summed E-state index contributed by atoms with van der Waals surface area (Å²) in [4.78, 5) is 14.5. The summed E-state index contributed by atoms with van der Waals surface area (Å²) in [6, 6.07) is 0.623. The Balaban J connectivity index is 1.81. The first kappa shape index (κ1) is 16.7. The van der Waals surface area contributed by atoms with E-state index >= 15 is 0 Å². The van der Waals surface area contributed by atoms with E-state index in [4.69, 9.17) is 10.5 Å². The summed E-state index contributed by atoms with van der Waals surface area (Å²) in [5.74, 6) is 0.760. The van der Waals surface area contributed by atoms with Crippen molar-refractivity contribution in [2.45, 2.75) is 63.6 Å². The van der Waals surface area contributed by atoms with E-state index in [1.807, 2.05) is 0 Å². The normalized spacial score (nSPS) is 34.6. The Morgan fingerprint density at radius 2 is 2.10 bits per heavy atom. The third-order valence-corrected chi connectivity index (χ3v) is 5.20. The van der Waals surface area contributed by atoms with E-state index in [-0.39, 0.29) is 18.1 Å². The zero-order valence-electron chi connectivity index (χ0n) is 13.5. The van der Waals surface area contributed by atoms with Gasteiger partial charge in [-0.3, -0.25) is 9.69 Å². The van der Waals surface area contributed by atoms with Gasteiger partial charge in [-0.1, -0.05) is 19.8 Å². The van der Waals surface area contributed by atoms with Crippen LogP contribution in [-0.4, -0.2) is 55.7 Å². The Morgan fingerprint density at radius 1 is 1.33 bits per heavy atom. The number of rotatable bonds is 5. The minimum Gasteiger partial charge on any atom is -0.381 e. The van der Waals surface area contributed by atoms with Gasteiger partial charge in [-0.25, -0.2) is 0 Å². The van der Waals surface area contributed by atoms with Crippen LogP contribution in [-0.2, 0) is 9.53 Å². The number of carbonyl (C=O) groups excluding carboxylic acids is 1. The van der Waals surface area contributed by atoms with Crippen LogP contribution in [0.4, 0.5) is 0 Å². The molecule has 5 heteroatoms. The minimum atomic E-state index is 0.156. The van der Waals surface area contributed by atoms with Crippen molar-refractivity contribution >= 4 is 5.91 Å². The third-order valence-electron chi connectivity index (χ3n) is 5.20. The molecule has 1 saturated heterocycles. The number of likely N-dealkylation sites (tertiary alicyclic amines) is 1. The highest BCUT2D eigenvalue weighted by Crippen LogP contribution is 2.24. The fourth-order valence-corrected chi connectivity index (χ4v) is 3.70. The van der Waals surface area contributed by atoms with E-state index in [0.717, 1.165) is 25.8 Å². The number of piperidine rings is 1. The summed E-state index contributed by atoms with van der Waals surface area (Å²) < 4.78 is 5.43. The molecule has 4 unspecified atom stereocenters. The fraction of sp³-hybridized carbons (Fsp3) is 0.938. The van der Waals surface area contributed by atoms with Crippen LogP contribution in [0, 0.1) is 5.92 Å². The van der Waals surface area contributed by atoms with Crippen LogP contribution < -0.4 is 11.1 Å². The molecule has 0 aromatic heterocycles. The molecule has 1 amide bonds. The molecule has 1 aliphatic heterocycles. The molecule has 1 heterocycles. The SMILES string of the molecule is COC1CCN(CC(=O)NC2CCCCC2C)C(CN)C1. The van der Waals surface area contributed by atoms with Gasteiger partial charge in [-0.05, 0) is 31.6 Å². The second-order valence-corrected chi connectivity index (χ2v) is 6.68. The van der Waals surface area contributed by atoms with Crippen LogP contribution in [0.5, 0.6) is 0 Å². The molecule has 122 valence electrons. The van der Waals surface area contributed by atoms with E-state index in [2.05, 4.69) is 17.1 Å². The Labute approximate surface area is 128 Å². The first-order chi connectivity index (χ1) is 10.1. The number of carbonyl (C=O) groups is 1. The zero-order valence-corrected chi connectivity index (χ0v) is 13.5. The number of hydrogen-bond acceptors (Lipinski definition) is 4. The lowest BCUT2D eigenvalue weighted by molar-refractivity contribution is -0.125. The lowest BCUT2D eigenvalue weighted by Crippen LogP contribution is -2.53. The molecule has 5 nitrogen and oxygen atoms in total. The summed E-state index contributed by atoms with van der Waals surface area (Å²) in [5.41, 5.74) is 5.86. The maximum atomic E-state index is 12.3. The maximum absolute atomic E-state index is 12.3. The molecule has 1 saturated carbocycles. The van der Waals surface area contributed by atoms with E-state index in [1.165, 1.54) is 19.3 Å². The predicted octanol–water partition coefficient (Wildman–Crippen LogP) is 1.12. The minimum absolute atomic E-state index is 0.156. The van der Waals surface area contributed by atoms with Gasteiger partial charge in [0.05, 0.1) is 12.6 Å². The highest BCUT2D eigenvalue weighted by molar-refractivity contribution is 5.78. The molecular formula is C16H31N3O2. The van der Waals surface area contributed by atoms with Crippen molar-refractivity contribution in [2.24, 2.45) is 11.7 Å². The Morgan fingerprint density at radius 3 is 2.76 bits per heavy atom. The lowest BCUT2D eigenvalue weighted by atomic mass is 9.86. The molecule has 0 aromatic rings. The fourth-order valence-electron chi connectivity index (χ4n) is 3.70. The zero-order chi connectivity index (χ0) is 15.2. The highest BCUT2D eigenvalue weighted by Gasteiger charge is 2.30. The molecule has 2 rings (SSSR count). The number of hydrogen-bond donors (Lipinski definition) is 2. The Kier molecular flexibility index (Phi) is 6.45.